The van der Waals surface area contributed by atoms with Gasteiger partial charge in [0.15, 0.2) is 6.61 Å². The van der Waals surface area contributed by atoms with Crippen LogP contribution < -0.4 is 10.2 Å². The van der Waals surface area contributed by atoms with Gasteiger partial charge in [-0.05, 0) is 30.3 Å². The summed E-state index contributed by atoms with van der Waals surface area (Å²) in [5.74, 6) is 0.203. The molecule has 2 aromatic rings. The molecule has 1 N–H and O–H groups in total. The van der Waals surface area contributed by atoms with Crippen LogP contribution in [0, 0.1) is 0 Å². The minimum Gasteiger partial charge on any atom is -0.484 e. The van der Waals surface area contributed by atoms with Crippen LogP contribution in [0.2, 0.25) is 5.02 Å². The van der Waals surface area contributed by atoms with E-state index < -0.39 is 0 Å². The second-order valence-corrected chi connectivity index (χ2v) is 4.52. The van der Waals surface area contributed by atoms with Gasteiger partial charge in [-0.3, -0.25) is 4.79 Å². The number of aromatic nitrogens is 1. The monoisotopic (exact) mass is 291 g/mol. The number of nitrogens with zero attached hydrogens (tertiary/aromatic N) is 2. The fourth-order valence-corrected chi connectivity index (χ4v) is 1.70. The first-order valence-electron chi connectivity index (χ1n) is 5.97. The molecule has 0 bridgehead atoms. The average molecular weight is 292 g/mol. The first-order valence-corrected chi connectivity index (χ1v) is 6.34. The number of nitrogens with one attached hydrogen (secondary N) is 1. The van der Waals surface area contributed by atoms with Gasteiger partial charge in [-0.1, -0.05) is 17.7 Å². The minimum absolute atomic E-state index is 0.120. The molecule has 1 amide bonds. The maximum atomic E-state index is 11.5. The maximum absolute atomic E-state index is 11.5. The Hall–Kier alpha value is -2.27. The van der Waals surface area contributed by atoms with Gasteiger partial charge < -0.3 is 9.30 Å². The molecule has 2 rings (SSSR count). The summed E-state index contributed by atoms with van der Waals surface area (Å²) in [4.78, 5) is 11.5. The molecular weight excluding hydrogens is 278 g/mol. The third kappa shape index (κ3) is 4.13. The van der Waals surface area contributed by atoms with E-state index in [1.54, 1.807) is 30.5 Å². The van der Waals surface area contributed by atoms with E-state index in [1.807, 2.05) is 29.9 Å². The van der Waals surface area contributed by atoms with Crippen molar-refractivity contribution in [3.8, 4) is 5.75 Å². The number of hydrogen-bond acceptors (Lipinski definition) is 3. The van der Waals surface area contributed by atoms with Gasteiger partial charge in [0, 0.05) is 18.3 Å². The van der Waals surface area contributed by atoms with Crippen LogP contribution in [0.15, 0.2) is 47.7 Å². The summed E-state index contributed by atoms with van der Waals surface area (Å²) in [5, 5.41) is 4.41. The smallest absolute Gasteiger partial charge is 0.277 e. The van der Waals surface area contributed by atoms with E-state index in [2.05, 4.69) is 10.5 Å². The Morgan fingerprint density at radius 2 is 2.30 bits per heavy atom. The zero-order valence-electron chi connectivity index (χ0n) is 10.9. The molecule has 0 aliphatic rings. The Balaban J connectivity index is 1.79. The molecule has 1 heterocycles. The quantitative estimate of drug-likeness (QED) is 0.678. The summed E-state index contributed by atoms with van der Waals surface area (Å²) < 4.78 is 7.17. The number of ether oxygens (including phenoxy) is 1. The fraction of sp³-hybridized carbons (Fsp3) is 0.143. The molecule has 6 heteroatoms. The summed E-state index contributed by atoms with van der Waals surface area (Å²) in [7, 11) is 1.89. The van der Waals surface area contributed by atoms with Crippen molar-refractivity contribution in [1.29, 1.82) is 0 Å². The van der Waals surface area contributed by atoms with Gasteiger partial charge in [0.1, 0.15) is 5.75 Å². The SMILES string of the molecule is Cn1cccc1C=NNC(=O)COc1cccc(Cl)c1. The minimum atomic E-state index is -0.338. The van der Waals surface area contributed by atoms with E-state index in [-0.39, 0.29) is 12.5 Å². The van der Waals surface area contributed by atoms with E-state index in [0.29, 0.717) is 10.8 Å². The highest BCUT2D eigenvalue weighted by atomic mass is 35.5. The van der Waals surface area contributed by atoms with Crippen molar-refractivity contribution in [3.63, 3.8) is 0 Å². The summed E-state index contributed by atoms with van der Waals surface area (Å²) in [6.45, 7) is -0.120. The second-order valence-electron chi connectivity index (χ2n) is 4.08. The predicted octanol–water partition coefficient (Wildman–Crippen LogP) is 2.21. The first-order chi connectivity index (χ1) is 9.65. The van der Waals surface area contributed by atoms with E-state index in [0.717, 1.165) is 5.69 Å². The highest BCUT2D eigenvalue weighted by Gasteiger charge is 2.01. The van der Waals surface area contributed by atoms with E-state index in [4.69, 9.17) is 16.3 Å². The number of halogens is 1. The van der Waals surface area contributed by atoms with Crippen LogP contribution in [0.5, 0.6) is 5.75 Å². The van der Waals surface area contributed by atoms with Crippen LogP contribution in [0.1, 0.15) is 5.69 Å². The van der Waals surface area contributed by atoms with Crippen molar-refractivity contribution in [2.24, 2.45) is 12.1 Å². The number of carbonyl (C=O) groups excluding carboxylic acids is 1. The van der Waals surface area contributed by atoms with Crippen LogP contribution >= 0.6 is 11.6 Å². The molecule has 104 valence electrons. The molecule has 0 atom stereocenters. The Labute approximate surface area is 121 Å². The zero-order valence-corrected chi connectivity index (χ0v) is 11.7. The first kappa shape index (κ1) is 14.1. The van der Waals surface area contributed by atoms with Gasteiger partial charge in [0.05, 0.1) is 11.9 Å². The van der Waals surface area contributed by atoms with Crippen molar-refractivity contribution in [1.82, 2.24) is 9.99 Å². The van der Waals surface area contributed by atoms with Gasteiger partial charge in [0.2, 0.25) is 0 Å². The third-order valence-corrected chi connectivity index (χ3v) is 2.77. The van der Waals surface area contributed by atoms with Crippen molar-refractivity contribution < 1.29 is 9.53 Å². The van der Waals surface area contributed by atoms with Crippen LogP contribution in [0.3, 0.4) is 0 Å². The van der Waals surface area contributed by atoms with Crippen molar-refractivity contribution in [2.75, 3.05) is 6.61 Å². The van der Waals surface area contributed by atoms with Crippen LogP contribution in [0.4, 0.5) is 0 Å². The molecule has 5 nitrogen and oxygen atoms in total. The Bertz CT molecular complexity index is 622. The Kier molecular flexibility index (Phi) is 4.79. The number of rotatable bonds is 5. The molecule has 0 spiro atoms. The molecule has 0 saturated carbocycles. The van der Waals surface area contributed by atoms with Crippen molar-refractivity contribution in [3.05, 3.63) is 53.3 Å². The fourth-order valence-electron chi connectivity index (χ4n) is 1.52. The second kappa shape index (κ2) is 6.77. The lowest BCUT2D eigenvalue weighted by atomic mass is 10.3. The summed E-state index contributed by atoms with van der Waals surface area (Å²) in [6, 6.07) is 10.6. The van der Waals surface area contributed by atoms with Gasteiger partial charge in [0.25, 0.3) is 5.91 Å². The lowest BCUT2D eigenvalue weighted by Crippen LogP contribution is -2.24. The summed E-state index contributed by atoms with van der Waals surface area (Å²) in [5.41, 5.74) is 3.28. The van der Waals surface area contributed by atoms with Crippen LogP contribution in [0.25, 0.3) is 0 Å². The normalized spacial score (nSPS) is 10.7. The highest BCUT2D eigenvalue weighted by Crippen LogP contribution is 2.16. The Morgan fingerprint density at radius 3 is 3.00 bits per heavy atom. The average Bonchev–Trinajstić information content (AvgIpc) is 2.82. The predicted molar refractivity (Wildman–Crippen MR) is 78.1 cm³/mol. The number of amides is 1. The van der Waals surface area contributed by atoms with Crippen molar-refractivity contribution in [2.45, 2.75) is 0 Å². The van der Waals surface area contributed by atoms with Gasteiger partial charge in [-0.25, -0.2) is 5.43 Å². The largest absolute Gasteiger partial charge is 0.484 e. The third-order valence-electron chi connectivity index (χ3n) is 2.54. The molecule has 1 aromatic heterocycles. The molecule has 0 saturated heterocycles. The summed E-state index contributed by atoms with van der Waals surface area (Å²) >= 11 is 5.81. The molecule has 1 aromatic carbocycles. The molecule has 20 heavy (non-hydrogen) atoms. The molecular formula is C14H14ClN3O2. The molecule has 0 fully saturated rings. The molecule has 0 radical (unpaired) electrons. The van der Waals surface area contributed by atoms with E-state index in [9.17, 15) is 4.79 Å². The van der Waals surface area contributed by atoms with Crippen LogP contribution in [-0.4, -0.2) is 23.3 Å². The van der Waals surface area contributed by atoms with Crippen molar-refractivity contribution >= 4 is 23.7 Å². The Morgan fingerprint density at radius 1 is 1.45 bits per heavy atom. The lowest BCUT2D eigenvalue weighted by Gasteiger charge is -2.04. The summed E-state index contributed by atoms with van der Waals surface area (Å²) in [6.07, 6.45) is 3.46. The van der Waals surface area contributed by atoms with E-state index >= 15 is 0 Å². The lowest BCUT2D eigenvalue weighted by molar-refractivity contribution is -0.123. The number of aryl methyl sites for hydroxylation is 1. The zero-order chi connectivity index (χ0) is 14.4. The van der Waals surface area contributed by atoms with E-state index in [1.165, 1.54) is 0 Å². The highest BCUT2D eigenvalue weighted by molar-refractivity contribution is 6.30. The number of hydrazone groups is 1. The maximum Gasteiger partial charge on any atom is 0.277 e. The van der Waals surface area contributed by atoms with Crippen LogP contribution in [-0.2, 0) is 11.8 Å². The molecule has 0 unspecified atom stereocenters. The molecule has 0 aliphatic carbocycles. The number of benzene rings is 1. The van der Waals surface area contributed by atoms with Gasteiger partial charge in [-0.2, -0.15) is 5.10 Å². The van der Waals surface area contributed by atoms with Gasteiger partial charge in [-0.15, -0.1) is 0 Å². The standard InChI is InChI=1S/C14H14ClN3O2/c1-18-7-3-5-12(18)9-16-17-14(19)10-20-13-6-2-4-11(15)8-13/h2-9H,10H2,1H3,(H,17,19). The topological polar surface area (TPSA) is 55.6 Å². The van der Waals surface area contributed by atoms with Gasteiger partial charge >= 0.3 is 0 Å². The number of hydrogen-bond donors (Lipinski definition) is 1. The molecule has 0 aliphatic heterocycles. The number of carbonyl (C=O) groups is 1.